The molecule has 24 heavy (non-hydrogen) atoms. The van der Waals surface area contributed by atoms with E-state index in [4.69, 9.17) is 5.73 Å². The van der Waals surface area contributed by atoms with Crippen molar-refractivity contribution in [2.45, 2.75) is 50.9 Å². The Morgan fingerprint density at radius 3 is 2.33 bits per heavy atom. The van der Waals surface area contributed by atoms with Crippen LogP contribution in [0.25, 0.3) is 0 Å². The molecule has 0 aromatic rings. The highest BCUT2D eigenvalue weighted by Crippen LogP contribution is 2.37. The van der Waals surface area contributed by atoms with Gasteiger partial charge in [0.1, 0.15) is 6.04 Å². The van der Waals surface area contributed by atoms with Crippen LogP contribution in [0.15, 0.2) is 0 Å². The molecular formula is C14H23F3N4O3. The van der Waals surface area contributed by atoms with Crippen LogP contribution in [0.5, 0.6) is 0 Å². The van der Waals surface area contributed by atoms with E-state index in [0.29, 0.717) is 0 Å². The molecule has 0 spiro atoms. The fourth-order valence-corrected chi connectivity index (χ4v) is 2.59. The van der Waals surface area contributed by atoms with Crippen LogP contribution in [-0.2, 0) is 14.4 Å². The summed E-state index contributed by atoms with van der Waals surface area (Å²) < 4.78 is 40.0. The number of halogens is 3. The number of hydrogen-bond donors (Lipinski definition) is 4. The zero-order valence-electron chi connectivity index (χ0n) is 13.6. The summed E-state index contributed by atoms with van der Waals surface area (Å²) in [6, 6.07) is -1.18. The molecule has 7 nitrogen and oxygen atoms in total. The van der Waals surface area contributed by atoms with E-state index in [9.17, 15) is 27.6 Å². The lowest BCUT2D eigenvalue weighted by Crippen LogP contribution is -2.65. The van der Waals surface area contributed by atoms with Crippen LogP contribution < -0.4 is 21.7 Å². The zero-order chi connectivity index (χ0) is 18.5. The number of nitrogens with two attached hydrogens (primary N) is 1. The van der Waals surface area contributed by atoms with Crippen molar-refractivity contribution >= 4 is 17.7 Å². The van der Waals surface area contributed by atoms with Crippen molar-refractivity contribution in [3.63, 3.8) is 0 Å². The molecule has 10 heteroatoms. The molecule has 0 radical (unpaired) electrons. The molecule has 0 aromatic heterocycles. The third kappa shape index (κ3) is 4.83. The Morgan fingerprint density at radius 2 is 1.92 bits per heavy atom. The third-order valence-electron chi connectivity index (χ3n) is 3.79. The number of alkyl halides is 3. The molecule has 1 aliphatic heterocycles. The summed E-state index contributed by atoms with van der Waals surface area (Å²) in [6.45, 7) is 3.13. The molecular weight excluding hydrogens is 329 g/mol. The van der Waals surface area contributed by atoms with Gasteiger partial charge in [-0.15, -0.1) is 0 Å². The van der Waals surface area contributed by atoms with E-state index in [2.05, 4.69) is 16.0 Å². The van der Waals surface area contributed by atoms with Gasteiger partial charge in [0.25, 0.3) is 0 Å². The molecule has 1 heterocycles. The minimum atomic E-state index is -4.78. The smallest absolute Gasteiger partial charge is 0.368 e. The molecule has 0 saturated carbocycles. The first-order chi connectivity index (χ1) is 11.0. The maximum atomic E-state index is 13.3. The maximum Gasteiger partial charge on any atom is 0.415 e. The molecule has 0 aliphatic carbocycles. The van der Waals surface area contributed by atoms with Crippen molar-refractivity contribution in [2.75, 3.05) is 13.1 Å². The van der Waals surface area contributed by atoms with E-state index in [-0.39, 0.29) is 31.7 Å². The Labute approximate surface area is 137 Å². The molecule has 0 unspecified atom stereocenters. The van der Waals surface area contributed by atoms with Crippen LogP contribution >= 0.6 is 0 Å². The van der Waals surface area contributed by atoms with Gasteiger partial charge in [-0.05, 0) is 31.7 Å². The number of carbonyl (C=O) groups is 3. The van der Waals surface area contributed by atoms with Crippen molar-refractivity contribution < 1.29 is 27.6 Å². The Hall–Kier alpha value is -1.84. The lowest BCUT2D eigenvalue weighted by molar-refractivity contribution is -0.196. The van der Waals surface area contributed by atoms with Gasteiger partial charge in [-0.1, -0.05) is 13.8 Å². The predicted octanol–water partition coefficient (Wildman–Crippen LogP) is -0.197. The summed E-state index contributed by atoms with van der Waals surface area (Å²) in [5.41, 5.74) is 2.23. The van der Waals surface area contributed by atoms with Crippen molar-refractivity contribution in [1.29, 1.82) is 0 Å². The Morgan fingerprint density at radius 1 is 1.29 bits per heavy atom. The summed E-state index contributed by atoms with van der Waals surface area (Å²) in [6.07, 6.45) is -4.83. The van der Waals surface area contributed by atoms with Crippen LogP contribution in [0.2, 0.25) is 0 Å². The molecule has 0 bridgehead atoms. The minimum Gasteiger partial charge on any atom is -0.368 e. The van der Waals surface area contributed by atoms with Crippen LogP contribution in [0.1, 0.15) is 33.1 Å². The lowest BCUT2D eigenvalue weighted by atomic mass is 9.94. The van der Waals surface area contributed by atoms with E-state index >= 15 is 0 Å². The van der Waals surface area contributed by atoms with Gasteiger partial charge in [0, 0.05) is 0 Å². The van der Waals surface area contributed by atoms with Gasteiger partial charge in [0.15, 0.2) is 5.54 Å². The first-order valence-electron chi connectivity index (χ1n) is 7.68. The highest BCUT2D eigenvalue weighted by atomic mass is 19.4. The van der Waals surface area contributed by atoms with E-state index < -0.39 is 42.0 Å². The standard InChI is InChI=1S/C14H23F3N4O3/c1-8(2)6-9(11(23)19-7-10(18)22)21-12(24)13(14(15,16)17)4-3-5-20-13/h8-9,20H,3-7H2,1-2H3,(H2,18,22)(H,19,23)(H,21,24)/t9-,13-/m0/s1. The van der Waals surface area contributed by atoms with Gasteiger partial charge < -0.3 is 16.4 Å². The summed E-state index contributed by atoms with van der Waals surface area (Å²) in [4.78, 5) is 35.1. The number of rotatable bonds is 7. The number of amides is 3. The van der Waals surface area contributed by atoms with Gasteiger partial charge in [0.05, 0.1) is 6.54 Å². The van der Waals surface area contributed by atoms with E-state index in [1.165, 1.54) is 0 Å². The monoisotopic (exact) mass is 352 g/mol. The predicted molar refractivity (Wildman–Crippen MR) is 79.6 cm³/mol. The second-order valence-electron chi connectivity index (χ2n) is 6.27. The summed E-state index contributed by atoms with van der Waals surface area (Å²) in [7, 11) is 0. The average molecular weight is 352 g/mol. The van der Waals surface area contributed by atoms with Crippen molar-refractivity contribution in [3.8, 4) is 0 Å². The third-order valence-corrected chi connectivity index (χ3v) is 3.79. The maximum absolute atomic E-state index is 13.3. The largest absolute Gasteiger partial charge is 0.415 e. The molecule has 5 N–H and O–H groups in total. The van der Waals surface area contributed by atoms with Crippen LogP contribution in [-0.4, -0.2) is 48.6 Å². The van der Waals surface area contributed by atoms with Gasteiger partial charge in [-0.3, -0.25) is 19.7 Å². The quantitative estimate of drug-likeness (QED) is 0.508. The highest BCUT2D eigenvalue weighted by Gasteiger charge is 2.61. The number of nitrogens with one attached hydrogen (secondary N) is 3. The van der Waals surface area contributed by atoms with Gasteiger partial charge in [-0.25, -0.2) is 0 Å². The minimum absolute atomic E-state index is 0.0620. The number of carbonyl (C=O) groups excluding carboxylic acids is 3. The van der Waals surface area contributed by atoms with Gasteiger partial charge in [-0.2, -0.15) is 13.2 Å². The summed E-state index contributed by atoms with van der Waals surface area (Å²) >= 11 is 0. The van der Waals surface area contributed by atoms with Crippen LogP contribution in [0.4, 0.5) is 13.2 Å². The van der Waals surface area contributed by atoms with Crippen LogP contribution in [0.3, 0.4) is 0 Å². The first kappa shape index (κ1) is 20.2. The van der Waals surface area contributed by atoms with E-state index in [1.54, 1.807) is 13.8 Å². The second-order valence-corrected chi connectivity index (χ2v) is 6.27. The number of hydrogen-bond acceptors (Lipinski definition) is 4. The summed E-state index contributed by atoms with van der Waals surface area (Å²) in [5, 5.41) is 6.60. The summed E-state index contributed by atoms with van der Waals surface area (Å²) in [5.74, 6) is -2.88. The molecule has 0 aromatic carbocycles. The fourth-order valence-electron chi connectivity index (χ4n) is 2.59. The average Bonchev–Trinajstić information content (AvgIpc) is 2.93. The van der Waals surface area contributed by atoms with Gasteiger partial charge in [0.2, 0.25) is 17.7 Å². The van der Waals surface area contributed by atoms with Crippen molar-refractivity contribution in [3.05, 3.63) is 0 Å². The Bertz CT molecular complexity index is 488. The van der Waals surface area contributed by atoms with Crippen LogP contribution in [0, 0.1) is 5.92 Å². The fraction of sp³-hybridized carbons (Fsp3) is 0.786. The lowest BCUT2D eigenvalue weighted by Gasteiger charge is -2.32. The SMILES string of the molecule is CC(C)C[C@H](NC(=O)[C@]1(C(F)(F)F)CCCN1)C(=O)NCC(N)=O. The molecule has 1 aliphatic rings. The normalized spacial score (nSPS) is 22.2. The van der Waals surface area contributed by atoms with Crippen molar-refractivity contribution in [2.24, 2.45) is 11.7 Å². The van der Waals surface area contributed by atoms with E-state index in [0.717, 1.165) is 0 Å². The molecule has 1 fully saturated rings. The second kappa shape index (κ2) is 7.82. The highest BCUT2D eigenvalue weighted by molar-refractivity contribution is 5.94. The first-order valence-corrected chi connectivity index (χ1v) is 7.68. The Balaban J connectivity index is 2.90. The number of primary amides is 1. The Kier molecular flexibility index (Phi) is 6.58. The van der Waals surface area contributed by atoms with Crippen molar-refractivity contribution in [1.82, 2.24) is 16.0 Å². The molecule has 3 amide bonds. The zero-order valence-corrected chi connectivity index (χ0v) is 13.6. The molecule has 138 valence electrons. The molecule has 2 atom stereocenters. The topological polar surface area (TPSA) is 113 Å². The molecule has 1 rings (SSSR count). The van der Waals surface area contributed by atoms with Gasteiger partial charge >= 0.3 is 6.18 Å². The van der Waals surface area contributed by atoms with E-state index in [1.807, 2.05) is 0 Å². The molecule has 1 saturated heterocycles.